The summed E-state index contributed by atoms with van der Waals surface area (Å²) in [6, 6.07) is 8.69. The Balaban J connectivity index is 1.22. The smallest absolute Gasteiger partial charge is 0.239 e. The van der Waals surface area contributed by atoms with E-state index in [1.54, 1.807) is 10.9 Å². The summed E-state index contributed by atoms with van der Waals surface area (Å²) in [5.74, 6) is 3.35. The molecule has 7 rings (SSSR count). The van der Waals surface area contributed by atoms with Crippen LogP contribution in [0.25, 0.3) is 22.0 Å². The van der Waals surface area contributed by atoms with Crippen LogP contribution < -0.4 is 5.32 Å². The van der Waals surface area contributed by atoms with Crippen LogP contribution in [0.5, 0.6) is 0 Å². The molecule has 2 atom stereocenters. The average Bonchev–Trinajstić information content (AvgIpc) is 3.34. The van der Waals surface area contributed by atoms with Gasteiger partial charge in [0.05, 0.1) is 12.7 Å². The molecule has 4 heterocycles. The lowest BCUT2D eigenvalue weighted by molar-refractivity contribution is -0.117. The molecular formula is C19H18N6O. The van der Waals surface area contributed by atoms with Crippen molar-refractivity contribution in [2.75, 3.05) is 18.4 Å². The third-order valence-electron chi connectivity index (χ3n) is 6.04. The first kappa shape index (κ1) is 14.4. The average molecular weight is 346 g/mol. The fourth-order valence-corrected chi connectivity index (χ4v) is 4.64. The monoisotopic (exact) mass is 346 g/mol. The maximum absolute atomic E-state index is 12.4. The third-order valence-corrected chi connectivity index (χ3v) is 6.04. The fourth-order valence-electron chi connectivity index (χ4n) is 4.64. The van der Waals surface area contributed by atoms with Crippen LogP contribution in [0.3, 0.4) is 0 Å². The number of aromatic nitrogens is 4. The van der Waals surface area contributed by atoms with Gasteiger partial charge in [-0.2, -0.15) is 0 Å². The summed E-state index contributed by atoms with van der Waals surface area (Å²) in [6.45, 7) is 1.58. The molecule has 7 nitrogen and oxygen atoms in total. The lowest BCUT2D eigenvalue weighted by Gasteiger charge is -2.14. The van der Waals surface area contributed by atoms with Crippen LogP contribution in [-0.2, 0) is 11.8 Å². The number of amides is 1. The van der Waals surface area contributed by atoms with E-state index in [4.69, 9.17) is 0 Å². The van der Waals surface area contributed by atoms with Gasteiger partial charge < -0.3 is 5.32 Å². The predicted molar refractivity (Wildman–Crippen MR) is 96.2 cm³/mol. The van der Waals surface area contributed by atoms with Gasteiger partial charge in [-0.3, -0.25) is 14.4 Å². The summed E-state index contributed by atoms with van der Waals surface area (Å²) in [7, 11) is 1.85. The highest BCUT2D eigenvalue weighted by molar-refractivity contribution is 5.94. The van der Waals surface area contributed by atoms with Gasteiger partial charge in [-0.05, 0) is 35.3 Å². The highest BCUT2D eigenvalue weighted by Gasteiger charge is 2.80. The summed E-state index contributed by atoms with van der Waals surface area (Å²) < 4.78 is 1.68. The molecule has 7 heteroatoms. The van der Waals surface area contributed by atoms with Crippen LogP contribution in [0.4, 0.5) is 5.82 Å². The third kappa shape index (κ3) is 2.10. The van der Waals surface area contributed by atoms with Crippen LogP contribution >= 0.6 is 0 Å². The molecule has 26 heavy (non-hydrogen) atoms. The van der Waals surface area contributed by atoms with Gasteiger partial charge in [0.1, 0.15) is 11.5 Å². The normalized spacial score (nSPS) is 28.2. The number of piperidine rings is 1. The van der Waals surface area contributed by atoms with Gasteiger partial charge in [-0.15, -0.1) is 5.10 Å². The number of nitrogens with zero attached hydrogens (tertiary/aromatic N) is 5. The first-order chi connectivity index (χ1) is 12.7. The summed E-state index contributed by atoms with van der Waals surface area (Å²) in [4.78, 5) is 19.1. The number of fused-ring (bicyclic) bond motifs is 2. The van der Waals surface area contributed by atoms with E-state index in [9.17, 15) is 4.79 Å². The van der Waals surface area contributed by atoms with E-state index in [0.717, 1.165) is 46.3 Å². The van der Waals surface area contributed by atoms with E-state index in [2.05, 4.69) is 31.6 Å². The Hall–Kier alpha value is -2.80. The quantitative estimate of drug-likeness (QED) is 0.775. The van der Waals surface area contributed by atoms with E-state index in [1.807, 2.05) is 31.4 Å². The van der Waals surface area contributed by atoms with Gasteiger partial charge in [0.25, 0.3) is 0 Å². The predicted octanol–water partition coefficient (Wildman–Crippen LogP) is 1.53. The van der Waals surface area contributed by atoms with E-state index in [-0.39, 0.29) is 5.91 Å². The van der Waals surface area contributed by atoms with Crippen molar-refractivity contribution in [1.29, 1.82) is 0 Å². The number of anilines is 1. The van der Waals surface area contributed by atoms with Crippen molar-refractivity contribution in [3.05, 3.63) is 36.7 Å². The molecule has 2 aliphatic heterocycles. The number of rotatable bonds is 4. The van der Waals surface area contributed by atoms with E-state index in [1.165, 1.54) is 0 Å². The van der Waals surface area contributed by atoms with Gasteiger partial charge >= 0.3 is 0 Å². The summed E-state index contributed by atoms with van der Waals surface area (Å²) in [6.07, 6.45) is 3.68. The zero-order valence-corrected chi connectivity index (χ0v) is 14.3. The van der Waals surface area contributed by atoms with Crippen molar-refractivity contribution in [2.45, 2.75) is 6.04 Å². The number of pyridine rings is 1. The summed E-state index contributed by atoms with van der Waals surface area (Å²) >= 11 is 0. The lowest BCUT2D eigenvalue weighted by atomic mass is 10.1. The van der Waals surface area contributed by atoms with Crippen LogP contribution in [0, 0.1) is 17.8 Å². The number of benzene rings is 1. The van der Waals surface area contributed by atoms with Crippen LogP contribution in [0.1, 0.15) is 0 Å². The second-order valence-electron chi connectivity index (χ2n) is 7.70. The second kappa shape index (κ2) is 4.88. The number of carbonyl (C=O) groups excluding carboxylic acids is 1. The maximum Gasteiger partial charge on any atom is 0.239 e. The van der Waals surface area contributed by atoms with Crippen molar-refractivity contribution in [3.63, 3.8) is 0 Å². The number of carbonyl (C=O) groups is 1. The number of hydrogen-bond donors (Lipinski definition) is 1. The van der Waals surface area contributed by atoms with Crippen molar-refractivity contribution in [2.24, 2.45) is 24.8 Å². The van der Waals surface area contributed by atoms with Crippen molar-refractivity contribution >= 4 is 22.5 Å². The van der Waals surface area contributed by atoms with Gasteiger partial charge in [0.2, 0.25) is 5.91 Å². The van der Waals surface area contributed by atoms with Crippen molar-refractivity contribution in [3.8, 4) is 11.3 Å². The number of nitrogens with one attached hydrogen (secondary N) is 1. The van der Waals surface area contributed by atoms with E-state index >= 15 is 0 Å². The highest BCUT2D eigenvalue weighted by Crippen LogP contribution is 2.75. The van der Waals surface area contributed by atoms with Gasteiger partial charge in [0, 0.05) is 36.8 Å². The second-order valence-corrected chi connectivity index (χ2v) is 7.70. The minimum Gasteiger partial charge on any atom is -0.310 e. The largest absolute Gasteiger partial charge is 0.310 e. The molecule has 0 radical (unpaired) electrons. The molecule has 2 unspecified atom stereocenters. The maximum atomic E-state index is 12.4. The first-order valence-corrected chi connectivity index (χ1v) is 8.98. The molecule has 2 bridgehead atoms. The topological polar surface area (TPSA) is 75.9 Å². The summed E-state index contributed by atoms with van der Waals surface area (Å²) in [5, 5.41) is 13.1. The highest BCUT2D eigenvalue weighted by atomic mass is 16.2. The molecule has 0 spiro atoms. The molecule has 1 N–H and O–H groups in total. The Morgan fingerprint density at radius 1 is 1.27 bits per heavy atom. The molecule has 1 amide bonds. The van der Waals surface area contributed by atoms with Gasteiger partial charge in [0.15, 0.2) is 0 Å². The molecule has 130 valence electrons. The molecule has 3 aromatic rings. The molecule has 4 fully saturated rings. The minimum absolute atomic E-state index is 0.0221. The Bertz CT molecular complexity index is 1040. The molecule has 4 aliphatic rings. The van der Waals surface area contributed by atoms with E-state index < -0.39 is 0 Å². The number of hydrogen-bond acceptors (Lipinski definition) is 5. The molecule has 1 aromatic carbocycles. The van der Waals surface area contributed by atoms with Crippen LogP contribution in [0.15, 0.2) is 36.7 Å². The standard InChI is InChI=1S/C19H18N6O/c1-24-8-14(22-23-24)10-2-3-11-6-20-15(5-12(11)4-10)21-16(26)9-25-7-13-17-18(13)19(17)25/h2-6,8,13,17-19H,7,9H2,1H3,(H,20,21,26). The zero-order valence-electron chi connectivity index (χ0n) is 14.3. The zero-order chi connectivity index (χ0) is 17.4. The molecule has 2 aliphatic carbocycles. The molecule has 2 saturated heterocycles. The Morgan fingerprint density at radius 2 is 2.15 bits per heavy atom. The van der Waals surface area contributed by atoms with Gasteiger partial charge in [-0.1, -0.05) is 17.3 Å². The Labute approximate surface area is 150 Å². The molecule has 2 aromatic heterocycles. The van der Waals surface area contributed by atoms with Crippen LogP contribution in [0.2, 0.25) is 0 Å². The molecular weight excluding hydrogens is 328 g/mol. The first-order valence-electron chi connectivity index (χ1n) is 8.98. The SMILES string of the molecule is Cn1cc(-c2ccc3cnc(NC(=O)CN4CC5C6C5C64)cc3c2)nn1. The number of aryl methyl sites for hydroxylation is 1. The fraction of sp³-hybridized carbons (Fsp3) is 0.368. The Morgan fingerprint density at radius 3 is 2.88 bits per heavy atom. The van der Waals surface area contributed by atoms with Crippen molar-refractivity contribution in [1.82, 2.24) is 24.9 Å². The van der Waals surface area contributed by atoms with Gasteiger partial charge in [-0.25, -0.2) is 4.98 Å². The molecule has 2 saturated carbocycles. The lowest BCUT2D eigenvalue weighted by Crippen LogP contribution is -2.32. The van der Waals surface area contributed by atoms with E-state index in [0.29, 0.717) is 18.4 Å². The Kier molecular flexibility index (Phi) is 2.70. The van der Waals surface area contributed by atoms with Crippen molar-refractivity contribution < 1.29 is 4.79 Å². The minimum atomic E-state index is 0.0221. The summed E-state index contributed by atoms with van der Waals surface area (Å²) in [5.41, 5.74) is 1.82. The van der Waals surface area contributed by atoms with Crippen LogP contribution in [-0.4, -0.2) is 49.9 Å².